The van der Waals surface area contributed by atoms with Gasteiger partial charge >= 0.3 is 0 Å². The van der Waals surface area contributed by atoms with Gasteiger partial charge in [-0.3, -0.25) is 10.1 Å². The zero-order chi connectivity index (χ0) is 11.7. The van der Waals surface area contributed by atoms with Gasteiger partial charge in [-0.15, -0.1) is 0 Å². The van der Waals surface area contributed by atoms with Crippen molar-refractivity contribution in [3.8, 4) is 5.75 Å². The Labute approximate surface area is 102 Å². The Morgan fingerprint density at radius 2 is 2.12 bits per heavy atom. The van der Waals surface area contributed by atoms with Crippen LogP contribution in [0.3, 0.4) is 0 Å². The van der Waals surface area contributed by atoms with Gasteiger partial charge in [0.2, 0.25) is 0 Å². The lowest BCUT2D eigenvalue weighted by atomic mass is 10.2. The summed E-state index contributed by atoms with van der Waals surface area (Å²) in [5.41, 5.74) is 1.05. The van der Waals surface area contributed by atoms with Crippen LogP contribution in [0.2, 0.25) is 5.02 Å². The molecule has 2 rings (SSSR count). The van der Waals surface area contributed by atoms with E-state index in [1.807, 2.05) is 0 Å². The number of phenolic OH excluding ortho intramolecular Hbond substituents is 1. The van der Waals surface area contributed by atoms with Crippen molar-refractivity contribution in [2.75, 3.05) is 0 Å². The molecule has 1 saturated heterocycles. The predicted octanol–water partition coefficient (Wildman–Crippen LogP) is 1.39. The smallest absolute Gasteiger partial charge is 0.273 e. The van der Waals surface area contributed by atoms with Crippen molar-refractivity contribution in [2.24, 2.45) is 0 Å². The highest BCUT2D eigenvalue weighted by molar-refractivity contribution is 7.80. The van der Waals surface area contributed by atoms with Crippen LogP contribution in [0.15, 0.2) is 23.9 Å². The Hall–Kier alpha value is -1.59. The van der Waals surface area contributed by atoms with E-state index in [0.29, 0.717) is 11.3 Å². The van der Waals surface area contributed by atoms with Crippen molar-refractivity contribution in [3.63, 3.8) is 0 Å². The van der Waals surface area contributed by atoms with Gasteiger partial charge < -0.3 is 10.4 Å². The second-order valence-electron chi connectivity index (χ2n) is 3.18. The van der Waals surface area contributed by atoms with E-state index in [4.69, 9.17) is 23.8 Å². The van der Waals surface area contributed by atoms with Crippen molar-refractivity contribution in [1.82, 2.24) is 10.6 Å². The Kier molecular flexibility index (Phi) is 2.80. The summed E-state index contributed by atoms with van der Waals surface area (Å²) in [5, 5.41) is 14.9. The lowest BCUT2D eigenvalue weighted by Crippen LogP contribution is -2.21. The molecule has 1 heterocycles. The van der Waals surface area contributed by atoms with E-state index in [1.54, 1.807) is 18.2 Å². The molecule has 0 spiro atoms. The maximum atomic E-state index is 11.3. The number of phenols is 1. The van der Waals surface area contributed by atoms with Crippen molar-refractivity contribution in [1.29, 1.82) is 0 Å². The Bertz CT molecular complexity index is 514. The van der Waals surface area contributed by atoms with E-state index in [2.05, 4.69) is 10.6 Å². The molecule has 0 aliphatic carbocycles. The van der Waals surface area contributed by atoms with Gasteiger partial charge in [0.1, 0.15) is 11.4 Å². The first-order chi connectivity index (χ1) is 7.56. The molecule has 16 heavy (non-hydrogen) atoms. The normalized spacial score (nSPS) is 17.4. The molecular weight excluding hydrogens is 248 g/mol. The van der Waals surface area contributed by atoms with Crippen LogP contribution in [-0.4, -0.2) is 16.1 Å². The lowest BCUT2D eigenvalue weighted by Gasteiger charge is -1.99. The molecule has 6 heteroatoms. The molecule has 1 aromatic rings. The number of carbonyl (C=O) groups excluding carboxylic acids is 1. The van der Waals surface area contributed by atoms with Crippen LogP contribution in [0, 0.1) is 0 Å². The average molecular weight is 255 g/mol. The largest absolute Gasteiger partial charge is 0.506 e. The number of rotatable bonds is 1. The zero-order valence-corrected chi connectivity index (χ0v) is 9.52. The second-order valence-corrected chi connectivity index (χ2v) is 3.99. The summed E-state index contributed by atoms with van der Waals surface area (Å²) in [7, 11) is 0. The maximum absolute atomic E-state index is 11.3. The summed E-state index contributed by atoms with van der Waals surface area (Å²) in [6.45, 7) is 0. The van der Waals surface area contributed by atoms with Crippen LogP contribution in [0.1, 0.15) is 5.56 Å². The average Bonchev–Trinajstić information content (AvgIpc) is 2.51. The fourth-order valence-corrected chi connectivity index (χ4v) is 1.65. The molecule has 0 aromatic heterocycles. The van der Waals surface area contributed by atoms with Gasteiger partial charge in [-0.1, -0.05) is 17.7 Å². The van der Waals surface area contributed by atoms with Gasteiger partial charge in [-0.25, -0.2) is 0 Å². The SMILES string of the molecule is O=C1NC(=S)NC1=Cc1ccc(O)c(Cl)c1. The standard InChI is InChI=1S/C10H7ClN2O2S/c11-6-3-5(1-2-8(6)14)4-7-9(15)13-10(16)12-7/h1-4,14H,(H2,12,13,15,16). The third kappa shape index (κ3) is 2.15. The fraction of sp³-hybridized carbons (Fsp3) is 0. The van der Waals surface area contributed by atoms with E-state index in [0.717, 1.165) is 0 Å². The third-order valence-electron chi connectivity index (χ3n) is 2.00. The summed E-state index contributed by atoms with van der Waals surface area (Å²) >= 11 is 10.5. The minimum Gasteiger partial charge on any atom is -0.506 e. The number of hydrogen-bond donors (Lipinski definition) is 3. The quantitative estimate of drug-likeness (QED) is 0.524. The molecule has 0 radical (unpaired) electrons. The topological polar surface area (TPSA) is 61.4 Å². The van der Waals surface area contributed by atoms with Crippen molar-refractivity contribution in [3.05, 3.63) is 34.5 Å². The highest BCUT2D eigenvalue weighted by Crippen LogP contribution is 2.24. The van der Waals surface area contributed by atoms with Crippen LogP contribution in [0.4, 0.5) is 0 Å². The first-order valence-corrected chi connectivity index (χ1v) is 5.17. The van der Waals surface area contributed by atoms with Gasteiger partial charge in [0, 0.05) is 0 Å². The number of benzene rings is 1. The minimum absolute atomic E-state index is 0.00294. The molecule has 0 saturated carbocycles. The molecule has 1 fully saturated rings. The molecule has 1 amide bonds. The molecule has 1 aromatic carbocycles. The molecule has 1 aliphatic heterocycles. The van der Waals surface area contributed by atoms with Gasteiger partial charge in [0.15, 0.2) is 5.11 Å². The van der Waals surface area contributed by atoms with Crippen LogP contribution < -0.4 is 10.6 Å². The molecule has 0 bridgehead atoms. The van der Waals surface area contributed by atoms with E-state index in [-0.39, 0.29) is 21.8 Å². The number of hydrogen-bond acceptors (Lipinski definition) is 3. The van der Waals surface area contributed by atoms with Gasteiger partial charge in [-0.2, -0.15) is 0 Å². The molecular formula is C10H7ClN2O2S. The monoisotopic (exact) mass is 254 g/mol. The highest BCUT2D eigenvalue weighted by atomic mass is 35.5. The van der Waals surface area contributed by atoms with E-state index >= 15 is 0 Å². The molecule has 4 nitrogen and oxygen atoms in total. The van der Waals surface area contributed by atoms with Gasteiger partial charge in [0.25, 0.3) is 5.91 Å². The molecule has 0 unspecified atom stereocenters. The van der Waals surface area contributed by atoms with E-state index < -0.39 is 0 Å². The lowest BCUT2D eigenvalue weighted by molar-refractivity contribution is -0.115. The number of aromatic hydroxyl groups is 1. The van der Waals surface area contributed by atoms with Crippen molar-refractivity contribution < 1.29 is 9.90 Å². The van der Waals surface area contributed by atoms with E-state index in [1.165, 1.54) is 6.07 Å². The Balaban J connectivity index is 2.32. The van der Waals surface area contributed by atoms with E-state index in [9.17, 15) is 9.90 Å². The molecule has 0 atom stereocenters. The first kappa shape index (κ1) is 10.9. The minimum atomic E-state index is -0.283. The number of nitrogens with one attached hydrogen (secondary N) is 2. The number of carbonyl (C=O) groups is 1. The molecule has 1 aliphatic rings. The summed E-state index contributed by atoms with van der Waals surface area (Å²) in [4.78, 5) is 11.3. The number of thiocarbonyl (C=S) groups is 1. The third-order valence-corrected chi connectivity index (χ3v) is 2.51. The highest BCUT2D eigenvalue weighted by Gasteiger charge is 2.19. The first-order valence-electron chi connectivity index (χ1n) is 4.39. The number of halogens is 1. The fourth-order valence-electron chi connectivity index (χ4n) is 1.26. The van der Waals surface area contributed by atoms with Crippen molar-refractivity contribution >= 4 is 40.9 Å². The van der Waals surface area contributed by atoms with Gasteiger partial charge in [0.05, 0.1) is 5.02 Å². The Morgan fingerprint density at radius 1 is 1.38 bits per heavy atom. The van der Waals surface area contributed by atoms with Crippen LogP contribution in [-0.2, 0) is 4.79 Å². The van der Waals surface area contributed by atoms with Crippen LogP contribution >= 0.6 is 23.8 Å². The Morgan fingerprint density at radius 3 is 2.69 bits per heavy atom. The van der Waals surface area contributed by atoms with Crippen LogP contribution in [0.5, 0.6) is 5.75 Å². The maximum Gasteiger partial charge on any atom is 0.273 e. The van der Waals surface area contributed by atoms with Crippen molar-refractivity contribution in [2.45, 2.75) is 0 Å². The molecule has 82 valence electrons. The van der Waals surface area contributed by atoms with Gasteiger partial charge in [-0.05, 0) is 36.0 Å². The second kappa shape index (κ2) is 4.11. The van der Waals surface area contributed by atoms with Crippen LogP contribution in [0.25, 0.3) is 6.08 Å². The summed E-state index contributed by atoms with van der Waals surface area (Å²) in [5.74, 6) is -0.280. The predicted molar refractivity (Wildman–Crippen MR) is 65.0 cm³/mol. The summed E-state index contributed by atoms with van der Waals surface area (Å²) in [6, 6.07) is 4.66. The summed E-state index contributed by atoms with van der Waals surface area (Å²) in [6.07, 6.45) is 1.60. The zero-order valence-electron chi connectivity index (χ0n) is 7.95. The molecule has 3 N–H and O–H groups in total. The number of amides is 1. The summed E-state index contributed by atoms with van der Waals surface area (Å²) < 4.78 is 0.